The summed E-state index contributed by atoms with van der Waals surface area (Å²) in [5, 5.41) is 8.07. The summed E-state index contributed by atoms with van der Waals surface area (Å²) in [7, 11) is 0. The predicted octanol–water partition coefficient (Wildman–Crippen LogP) is 6.42. The molecule has 0 fully saturated rings. The lowest BCUT2D eigenvalue weighted by atomic mass is 10.1. The Balaban J connectivity index is 1.76. The van der Waals surface area contributed by atoms with Crippen LogP contribution in [0.15, 0.2) is 60.7 Å². The highest BCUT2D eigenvalue weighted by molar-refractivity contribution is 6.42. The lowest BCUT2D eigenvalue weighted by Gasteiger charge is -2.08. The summed E-state index contributed by atoms with van der Waals surface area (Å²) in [6, 6.07) is 18.9. The Morgan fingerprint density at radius 1 is 0.871 bits per heavy atom. The van der Waals surface area contributed by atoms with E-state index in [4.69, 9.17) is 23.2 Å². The third-order valence-electron chi connectivity index (χ3n) is 5.03. The fraction of sp³-hybridized carbons (Fsp3) is 0.125. The minimum Gasteiger partial charge on any atom is -0.319 e. The zero-order valence-corrected chi connectivity index (χ0v) is 18.8. The second-order valence-corrected chi connectivity index (χ2v) is 8.20. The maximum Gasteiger partial charge on any atom is 0.295 e. The van der Waals surface area contributed by atoms with E-state index in [1.165, 1.54) is 5.56 Å². The van der Waals surface area contributed by atoms with Crippen LogP contribution in [0.3, 0.4) is 0 Å². The first-order valence-electron chi connectivity index (χ1n) is 9.70. The van der Waals surface area contributed by atoms with Crippen molar-refractivity contribution in [2.45, 2.75) is 20.8 Å². The van der Waals surface area contributed by atoms with Gasteiger partial charge in [-0.1, -0.05) is 59.1 Å². The second kappa shape index (κ2) is 8.53. The van der Waals surface area contributed by atoms with Crippen LogP contribution in [0.4, 0.5) is 5.69 Å². The lowest BCUT2D eigenvalue weighted by molar-refractivity contribution is 0.101. The largest absolute Gasteiger partial charge is 0.319 e. The van der Waals surface area contributed by atoms with Gasteiger partial charge in [0.2, 0.25) is 5.82 Å². The Hall–Kier alpha value is -3.15. The molecule has 3 aromatic carbocycles. The smallest absolute Gasteiger partial charge is 0.295 e. The van der Waals surface area contributed by atoms with Gasteiger partial charge >= 0.3 is 0 Å². The first-order chi connectivity index (χ1) is 14.8. The average molecular weight is 451 g/mol. The van der Waals surface area contributed by atoms with Crippen molar-refractivity contribution in [3.8, 4) is 17.1 Å². The molecule has 1 aromatic heterocycles. The number of aryl methyl sites for hydroxylation is 3. The zero-order valence-electron chi connectivity index (χ0n) is 17.3. The molecule has 0 saturated heterocycles. The van der Waals surface area contributed by atoms with Crippen molar-refractivity contribution in [3.05, 3.63) is 93.2 Å². The van der Waals surface area contributed by atoms with Gasteiger partial charge in [-0.15, -0.1) is 5.10 Å². The SMILES string of the molecule is Cc1ccc(-c2nc(C(=O)Nc3ccc(Cl)c(Cl)c3)nn2-c2ccc(C)c(C)c2)cc1. The molecule has 1 amide bonds. The molecule has 4 aromatic rings. The molecule has 1 N–H and O–H groups in total. The monoisotopic (exact) mass is 450 g/mol. The van der Waals surface area contributed by atoms with Crippen LogP contribution in [-0.4, -0.2) is 20.7 Å². The van der Waals surface area contributed by atoms with Gasteiger partial charge in [0.1, 0.15) is 0 Å². The summed E-state index contributed by atoms with van der Waals surface area (Å²) in [4.78, 5) is 17.4. The fourth-order valence-electron chi connectivity index (χ4n) is 3.10. The average Bonchev–Trinajstić information content (AvgIpc) is 3.19. The van der Waals surface area contributed by atoms with Gasteiger partial charge in [-0.2, -0.15) is 0 Å². The van der Waals surface area contributed by atoms with E-state index in [1.54, 1.807) is 22.9 Å². The van der Waals surface area contributed by atoms with E-state index in [-0.39, 0.29) is 5.82 Å². The van der Waals surface area contributed by atoms with Crippen molar-refractivity contribution in [2.24, 2.45) is 0 Å². The number of halogens is 2. The molecule has 31 heavy (non-hydrogen) atoms. The summed E-state index contributed by atoms with van der Waals surface area (Å²) in [6.07, 6.45) is 0. The van der Waals surface area contributed by atoms with Crippen molar-refractivity contribution < 1.29 is 4.79 Å². The van der Waals surface area contributed by atoms with Crippen molar-refractivity contribution in [1.82, 2.24) is 14.8 Å². The Morgan fingerprint density at radius 2 is 1.61 bits per heavy atom. The van der Waals surface area contributed by atoms with E-state index < -0.39 is 5.91 Å². The van der Waals surface area contributed by atoms with Gasteiger partial charge in [-0.3, -0.25) is 4.79 Å². The minimum absolute atomic E-state index is 0.0554. The predicted molar refractivity (Wildman–Crippen MR) is 125 cm³/mol. The summed E-state index contributed by atoms with van der Waals surface area (Å²) in [6.45, 7) is 6.12. The Bertz CT molecular complexity index is 1280. The standard InChI is InChI=1S/C24H20Cl2N4O/c1-14-4-7-17(8-5-14)23-28-22(24(31)27-18-9-11-20(25)21(26)13-18)29-30(23)19-10-6-15(2)16(3)12-19/h4-13H,1-3H3,(H,27,31). The molecule has 5 nitrogen and oxygen atoms in total. The number of nitrogens with zero attached hydrogens (tertiary/aromatic N) is 3. The zero-order chi connectivity index (χ0) is 22.1. The second-order valence-electron chi connectivity index (χ2n) is 7.39. The molecule has 0 radical (unpaired) electrons. The quantitative estimate of drug-likeness (QED) is 0.390. The molecule has 0 aliphatic rings. The molecule has 7 heteroatoms. The summed E-state index contributed by atoms with van der Waals surface area (Å²) in [5.74, 6) is 0.205. The summed E-state index contributed by atoms with van der Waals surface area (Å²) < 4.78 is 1.70. The molecule has 1 heterocycles. The fourth-order valence-corrected chi connectivity index (χ4v) is 3.39. The van der Waals surface area contributed by atoms with Gasteiger partial charge in [-0.25, -0.2) is 9.67 Å². The molecule has 0 saturated carbocycles. The Labute approximate surface area is 190 Å². The van der Waals surface area contributed by atoms with E-state index in [2.05, 4.69) is 22.3 Å². The van der Waals surface area contributed by atoms with Crippen LogP contribution in [0.2, 0.25) is 10.0 Å². The highest BCUT2D eigenvalue weighted by Gasteiger charge is 2.19. The van der Waals surface area contributed by atoms with E-state index in [0.717, 1.165) is 22.4 Å². The van der Waals surface area contributed by atoms with Crippen LogP contribution >= 0.6 is 23.2 Å². The third kappa shape index (κ3) is 4.48. The Morgan fingerprint density at radius 3 is 2.29 bits per heavy atom. The maximum atomic E-state index is 12.9. The third-order valence-corrected chi connectivity index (χ3v) is 5.77. The number of rotatable bonds is 4. The van der Waals surface area contributed by atoms with Crippen LogP contribution in [0.25, 0.3) is 17.1 Å². The molecule has 0 aliphatic heterocycles. The molecule has 0 atom stereocenters. The van der Waals surface area contributed by atoms with E-state index in [0.29, 0.717) is 21.6 Å². The highest BCUT2D eigenvalue weighted by atomic mass is 35.5. The normalized spacial score (nSPS) is 10.9. The molecular formula is C24H20Cl2N4O. The first-order valence-corrected chi connectivity index (χ1v) is 10.5. The van der Waals surface area contributed by atoms with Gasteiger partial charge in [0.25, 0.3) is 5.91 Å². The maximum absolute atomic E-state index is 12.9. The molecule has 0 spiro atoms. The van der Waals surface area contributed by atoms with Crippen molar-refractivity contribution in [2.75, 3.05) is 5.32 Å². The van der Waals surface area contributed by atoms with Crippen LogP contribution in [0.5, 0.6) is 0 Å². The van der Waals surface area contributed by atoms with E-state index in [9.17, 15) is 4.79 Å². The van der Waals surface area contributed by atoms with Crippen molar-refractivity contribution in [3.63, 3.8) is 0 Å². The van der Waals surface area contributed by atoms with E-state index >= 15 is 0 Å². The number of carbonyl (C=O) groups is 1. The van der Waals surface area contributed by atoms with Crippen molar-refractivity contribution in [1.29, 1.82) is 0 Å². The molecule has 4 rings (SSSR count). The number of carbonyl (C=O) groups excluding carboxylic acids is 1. The number of anilines is 1. The molecule has 0 aliphatic carbocycles. The van der Waals surface area contributed by atoms with Gasteiger partial charge < -0.3 is 5.32 Å². The number of amides is 1. The molecule has 156 valence electrons. The summed E-state index contributed by atoms with van der Waals surface area (Å²) >= 11 is 12.0. The van der Waals surface area contributed by atoms with E-state index in [1.807, 2.05) is 56.3 Å². The Kier molecular flexibility index (Phi) is 5.81. The number of hydrogen-bond acceptors (Lipinski definition) is 3. The van der Waals surface area contributed by atoms with Gasteiger partial charge in [0, 0.05) is 11.3 Å². The summed E-state index contributed by atoms with van der Waals surface area (Å²) in [5.41, 5.74) is 5.66. The van der Waals surface area contributed by atoms with Crippen LogP contribution in [0.1, 0.15) is 27.3 Å². The topological polar surface area (TPSA) is 59.8 Å². The van der Waals surface area contributed by atoms with Crippen LogP contribution < -0.4 is 5.32 Å². The number of nitrogens with one attached hydrogen (secondary N) is 1. The van der Waals surface area contributed by atoms with Crippen LogP contribution in [-0.2, 0) is 0 Å². The molecule has 0 unspecified atom stereocenters. The molecular weight excluding hydrogens is 431 g/mol. The first kappa shape index (κ1) is 21.1. The number of benzene rings is 3. The lowest BCUT2D eigenvalue weighted by Crippen LogP contribution is -2.14. The van der Waals surface area contributed by atoms with Gasteiger partial charge in [0.15, 0.2) is 5.82 Å². The van der Waals surface area contributed by atoms with Gasteiger partial charge in [0.05, 0.1) is 15.7 Å². The van der Waals surface area contributed by atoms with Gasteiger partial charge in [-0.05, 0) is 62.2 Å². The minimum atomic E-state index is -0.436. The highest BCUT2D eigenvalue weighted by Crippen LogP contribution is 2.26. The van der Waals surface area contributed by atoms with Crippen LogP contribution in [0, 0.1) is 20.8 Å². The number of hydrogen-bond donors (Lipinski definition) is 1. The number of aromatic nitrogens is 3. The van der Waals surface area contributed by atoms with Crippen molar-refractivity contribution >= 4 is 34.8 Å². The molecule has 0 bridgehead atoms.